The highest BCUT2D eigenvalue weighted by Gasteiger charge is 2.19. The number of benzene rings is 1. The van der Waals surface area contributed by atoms with Crippen LogP contribution in [-0.2, 0) is 0 Å². The number of carboxylic acid groups (broad SMARTS) is 1. The SMILES string of the molecule is CC(O)CC(C)Nc1ccc(C(=O)O)c(F)c1F. The summed E-state index contributed by atoms with van der Waals surface area (Å²) in [4.78, 5) is 10.6. The van der Waals surface area contributed by atoms with E-state index in [0.717, 1.165) is 6.07 Å². The number of hydrogen-bond acceptors (Lipinski definition) is 3. The van der Waals surface area contributed by atoms with Gasteiger partial charge < -0.3 is 15.5 Å². The number of hydrogen-bond donors (Lipinski definition) is 3. The van der Waals surface area contributed by atoms with Crippen LogP contribution in [0.1, 0.15) is 30.6 Å². The molecule has 0 amide bonds. The minimum Gasteiger partial charge on any atom is -0.478 e. The number of carboxylic acids is 1. The maximum atomic E-state index is 13.6. The summed E-state index contributed by atoms with van der Waals surface area (Å²) in [5.74, 6) is -4.14. The van der Waals surface area contributed by atoms with Crippen LogP contribution in [0.5, 0.6) is 0 Å². The van der Waals surface area contributed by atoms with Crippen molar-refractivity contribution in [3.8, 4) is 0 Å². The van der Waals surface area contributed by atoms with Gasteiger partial charge in [0.25, 0.3) is 0 Å². The van der Waals surface area contributed by atoms with Gasteiger partial charge >= 0.3 is 5.97 Å². The van der Waals surface area contributed by atoms with Crippen molar-refractivity contribution in [2.45, 2.75) is 32.4 Å². The Bertz CT molecular complexity index is 449. The molecular weight excluding hydrogens is 244 g/mol. The lowest BCUT2D eigenvalue weighted by Gasteiger charge is -2.17. The smallest absolute Gasteiger partial charge is 0.338 e. The van der Waals surface area contributed by atoms with E-state index in [2.05, 4.69) is 5.32 Å². The van der Waals surface area contributed by atoms with Gasteiger partial charge in [0.1, 0.15) is 0 Å². The Morgan fingerprint density at radius 3 is 2.44 bits per heavy atom. The van der Waals surface area contributed by atoms with Crippen LogP contribution in [0.2, 0.25) is 0 Å². The summed E-state index contributed by atoms with van der Waals surface area (Å²) in [6.45, 7) is 3.29. The Balaban J connectivity index is 2.92. The third-order valence-electron chi connectivity index (χ3n) is 2.41. The maximum absolute atomic E-state index is 13.6. The van der Waals surface area contributed by atoms with Gasteiger partial charge in [0.15, 0.2) is 11.6 Å². The van der Waals surface area contributed by atoms with Crippen LogP contribution in [-0.4, -0.2) is 28.3 Å². The number of aliphatic hydroxyl groups is 1. The van der Waals surface area contributed by atoms with E-state index in [0.29, 0.717) is 6.42 Å². The standard InChI is InChI=1S/C12H15F2NO3/c1-6(5-7(2)16)15-9-4-3-8(12(17)18)10(13)11(9)14/h3-4,6-7,15-16H,5H2,1-2H3,(H,17,18). The highest BCUT2D eigenvalue weighted by molar-refractivity contribution is 5.88. The van der Waals surface area contributed by atoms with Gasteiger partial charge in [0.2, 0.25) is 0 Å². The third kappa shape index (κ3) is 3.40. The van der Waals surface area contributed by atoms with Gasteiger partial charge in [-0.1, -0.05) is 0 Å². The van der Waals surface area contributed by atoms with Crippen molar-refractivity contribution in [1.82, 2.24) is 0 Å². The monoisotopic (exact) mass is 259 g/mol. The molecule has 0 spiro atoms. The van der Waals surface area contributed by atoms with Gasteiger partial charge in [0.05, 0.1) is 17.4 Å². The van der Waals surface area contributed by atoms with Gasteiger partial charge in [-0.05, 0) is 32.4 Å². The highest BCUT2D eigenvalue weighted by Crippen LogP contribution is 2.22. The van der Waals surface area contributed by atoms with E-state index in [-0.39, 0.29) is 11.7 Å². The number of rotatable bonds is 5. The van der Waals surface area contributed by atoms with E-state index >= 15 is 0 Å². The summed E-state index contributed by atoms with van der Waals surface area (Å²) in [7, 11) is 0. The van der Waals surface area contributed by atoms with E-state index in [9.17, 15) is 13.6 Å². The van der Waals surface area contributed by atoms with Crippen molar-refractivity contribution < 1.29 is 23.8 Å². The Labute approximate surface area is 103 Å². The first-order valence-corrected chi connectivity index (χ1v) is 5.48. The second-order valence-corrected chi connectivity index (χ2v) is 4.22. The van der Waals surface area contributed by atoms with Gasteiger partial charge in [0, 0.05) is 6.04 Å². The van der Waals surface area contributed by atoms with Gasteiger partial charge in [-0.3, -0.25) is 0 Å². The second kappa shape index (κ2) is 5.77. The fourth-order valence-corrected chi connectivity index (χ4v) is 1.66. The van der Waals surface area contributed by atoms with Crippen LogP contribution in [0.3, 0.4) is 0 Å². The van der Waals surface area contributed by atoms with Crippen LogP contribution < -0.4 is 5.32 Å². The average Bonchev–Trinajstić information content (AvgIpc) is 2.23. The first kappa shape index (κ1) is 14.4. The molecule has 0 saturated heterocycles. The molecule has 1 aromatic carbocycles. The topological polar surface area (TPSA) is 69.6 Å². The van der Waals surface area contributed by atoms with Crippen LogP contribution in [0, 0.1) is 11.6 Å². The molecule has 0 bridgehead atoms. The van der Waals surface area contributed by atoms with Crippen molar-refractivity contribution >= 4 is 11.7 Å². The lowest BCUT2D eigenvalue weighted by molar-refractivity contribution is 0.0690. The van der Waals surface area contributed by atoms with Crippen molar-refractivity contribution in [3.05, 3.63) is 29.3 Å². The molecule has 2 atom stereocenters. The van der Waals surface area contributed by atoms with Crippen LogP contribution in [0.4, 0.5) is 14.5 Å². The number of nitrogens with one attached hydrogen (secondary N) is 1. The molecule has 0 aliphatic heterocycles. The van der Waals surface area contributed by atoms with E-state index in [1.807, 2.05) is 0 Å². The summed E-state index contributed by atoms with van der Waals surface area (Å²) in [5.41, 5.74) is -0.827. The van der Waals surface area contributed by atoms with Gasteiger partial charge in [-0.2, -0.15) is 0 Å². The average molecular weight is 259 g/mol. The molecule has 4 nitrogen and oxygen atoms in total. The molecule has 0 heterocycles. The Morgan fingerprint density at radius 2 is 1.94 bits per heavy atom. The molecule has 1 rings (SSSR count). The molecular formula is C12H15F2NO3. The van der Waals surface area contributed by atoms with Crippen LogP contribution >= 0.6 is 0 Å². The second-order valence-electron chi connectivity index (χ2n) is 4.22. The maximum Gasteiger partial charge on any atom is 0.338 e. The van der Waals surface area contributed by atoms with Crippen molar-refractivity contribution in [2.75, 3.05) is 5.32 Å². The first-order chi connectivity index (χ1) is 8.32. The molecule has 1 aromatic rings. The predicted molar refractivity (Wildman–Crippen MR) is 62.7 cm³/mol. The Hall–Kier alpha value is -1.69. The number of aromatic carboxylic acids is 1. The van der Waals surface area contributed by atoms with Crippen molar-refractivity contribution in [1.29, 1.82) is 0 Å². The predicted octanol–water partition coefficient (Wildman–Crippen LogP) is 2.23. The molecule has 0 aliphatic rings. The van der Waals surface area contributed by atoms with Crippen LogP contribution in [0.25, 0.3) is 0 Å². The number of aliphatic hydroxyl groups excluding tert-OH is 1. The minimum absolute atomic E-state index is 0.120. The highest BCUT2D eigenvalue weighted by atomic mass is 19.2. The molecule has 18 heavy (non-hydrogen) atoms. The molecule has 100 valence electrons. The summed E-state index contributed by atoms with van der Waals surface area (Å²) in [5, 5.41) is 20.5. The number of halogens is 2. The fourth-order valence-electron chi connectivity index (χ4n) is 1.66. The lowest BCUT2D eigenvalue weighted by Crippen LogP contribution is -2.21. The van der Waals surface area contributed by atoms with E-state index in [1.165, 1.54) is 6.07 Å². The molecule has 3 N–H and O–H groups in total. The fraction of sp³-hybridized carbons (Fsp3) is 0.417. The van der Waals surface area contributed by atoms with E-state index in [1.54, 1.807) is 13.8 Å². The summed E-state index contributed by atoms with van der Waals surface area (Å²) in [6, 6.07) is 1.90. The molecule has 0 saturated carbocycles. The third-order valence-corrected chi connectivity index (χ3v) is 2.41. The van der Waals surface area contributed by atoms with Gasteiger partial charge in [-0.15, -0.1) is 0 Å². The number of carbonyl (C=O) groups is 1. The van der Waals surface area contributed by atoms with Crippen LogP contribution in [0.15, 0.2) is 12.1 Å². The van der Waals surface area contributed by atoms with E-state index < -0.39 is 29.3 Å². The summed E-state index contributed by atoms with van der Waals surface area (Å²) in [6.07, 6.45) is -0.208. The zero-order chi connectivity index (χ0) is 13.9. The molecule has 6 heteroatoms. The van der Waals surface area contributed by atoms with E-state index in [4.69, 9.17) is 10.2 Å². The first-order valence-electron chi connectivity index (χ1n) is 5.48. The normalized spacial score (nSPS) is 14.1. The summed E-state index contributed by atoms with van der Waals surface area (Å²) < 4.78 is 26.9. The molecule has 0 aliphatic carbocycles. The molecule has 0 aromatic heterocycles. The lowest BCUT2D eigenvalue weighted by atomic mass is 10.1. The molecule has 0 fully saturated rings. The number of anilines is 1. The van der Waals surface area contributed by atoms with Gasteiger partial charge in [-0.25, -0.2) is 13.6 Å². The van der Waals surface area contributed by atoms with Crippen molar-refractivity contribution in [2.24, 2.45) is 0 Å². The zero-order valence-electron chi connectivity index (χ0n) is 10.1. The summed E-state index contributed by atoms with van der Waals surface area (Å²) >= 11 is 0. The van der Waals surface area contributed by atoms with Crippen molar-refractivity contribution in [3.63, 3.8) is 0 Å². The Kier molecular flexibility index (Phi) is 4.61. The zero-order valence-corrected chi connectivity index (χ0v) is 10.1. The molecule has 2 unspecified atom stereocenters. The largest absolute Gasteiger partial charge is 0.478 e. The Morgan fingerprint density at radius 1 is 1.33 bits per heavy atom. The quantitative estimate of drug-likeness (QED) is 0.758. The molecule has 0 radical (unpaired) electrons. The minimum atomic E-state index is -1.52.